The van der Waals surface area contributed by atoms with Crippen molar-refractivity contribution in [3.8, 4) is 11.4 Å². The van der Waals surface area contributed by atoms with Crippen LogP contribution in [0.25, 0.3) is 22.4 Å². The molecular formula is C22H21N5O2S. The number of aryl methyl sites for hydroxylation is 1. The number of carbonyl (C=O) groups excluding carboxylic acids is 1. The molecule has 1 saturated heterocycles. The van der Waals surface area contributed by atoms with Crippen molar-refractivity contribution in [3.05, 3.63) is 59.1 Å². The number of thiazole rings is 1. The second kappa shape index (κ2) is 7.89. The van der Waals surface area contributed by atoms with Gasteiger partial charge >= 0.3 is 0 Å². The summed E-state index contributed by atoms with van der Waals surface area (Å²) in [6.07, 6.45) is 1.75. The number of aromatic amines is 1. The number of amides is 1. The summed E-state index contributed by atoms with van der Waals surface area (Å²) in [5.74, 6) is 0.528. The van der Waals surface area contributed by atoms with Crippen LogP contribution in [0.2, 0.25) is 0 Å². The number of carbonyl (C=O) groups is 1. The highest BCUT2D eigenvalue weighted by Gasteiger charge is 2.17. The normalized spacial score (nSPS) is 14.2. The molecule has 2 N–H and O–H groups in total. The number of imidazole rings is 1. The molecule has 5 rings (SSSR count). The third-order valence-electron chi connectivity index (χ3n) is 5.09. The van der Waals surface area contributed by atoms with Crippen molar-refractivity contribution in [2.75, 3.05) is 36.5 Å². The van der Waals surface area contributed by atoms with Gasteiger partial charge in [-0.1, -0.05) is 18.2 Å². The molecule has 0 spiro atoms. The molecule has 0 atom stereocenters. The largest absolute Gasteiger partial charge is 0.378 e. The molecule has 152 valence electrons. The highest BCUT2D eigenvalue weighted by Crippen LogP contribution is 2.27. The van der Waals surface area contributed by atoms with E-state index >= 15 is 0 Å². The van der Waals surface area contributed by atoms with E-state index in [1.54, 1.807) is 12.3 Å². The van der Waals surface area contributed by atoms with E-state index in [-0.39, 0.29) is 5.91 Å². The first kappa shape index (κ1) is 18.8. The van der Waals surface area contributed by atoms with Crippen molar-refractivity contribution >= 4 is 39.1 Å². The number of benzene rings is 2. The zero-order valence-electron chi connectivity index (χ0n) is 16.5. The van der Waals surface area contributed by atoms with Crippen LogP contribution in [0.3, 0.4) is 0 Å². The zero-order valence-corrected chi connectivity index (χ0v) is 17.3. The van der Waals surface area contributed by atoms with Crippen LogP contribution in [-0.4, -0.2) is 47.2 Å². The molecule has 2 aromatic heterocycles. The van der Waals surface area contributed by atoms with Gasteiger partial charge in [-0.15, -0.1) is 11.3 Å². The number of morpholine rings is 1. The molecule has 0 aliphatic carbocycles. The topological polar surface area (TPSA) is 83.1 Å². The molecule has 1 aliphatic heterocycles. The Labute approximate surface area is 177 Å². The summed E-state index contributed by atoms with van der Waals surface area (Å²) in [7, 11) is 0. The van der Waals surface area contributed by atoms with Crippen molar-refractivity contribution in [1.29, 1.82) is 0 Å². The summed E-state index contributed by atoms with van der Waals surface area (Å²) < 4.78 is 5.45. The summed E-state index contributed by atoms with van der Waals surface area (Å²) in [5.41, 5.74) is 4.12. The summed E-state index contributed by atoms with van der Waals surface area (Å²) in [6.45, 7) is 5.20. The molecule has 1 amide bonds. The zero-order chi connectivity index (χ0) is 20.5. The molecule has 0 unspecified atom stereocenters. The summed E-state index contributed by atoms with van der Waals surface area (Å²) in [4.78, 5) is 28.5. The fraction of sp³-hybridized carbons (Fsp3) is 0.227. The minimum absolute atomic E-state index is 0.213. The number of aromatic nitrogens is 3. The van der Waals surface area contributed by atoms with Crippen LogP contribution in [0.15, 0.2) is 48.7 Å². The van der Waals surface area contributed by atoms with Crippen LogP contribution < -0.4 is 10.2 Å². The van der Waals surface area contributed by atoms with Crippen LogP contribution >= 0.6 is 11.3 Å². The molecule has 30 heavy (non-hydrogen) atoms. The Bertz CT molecular complexity index is 1210. The van der Waals surface area contributed by atoms with Gasteiger partial charge in [0.25, 0.3) is 5.91 Å². The van der Waals surface area contributed by atoms with Crippen molar-refractivity contribution in [3.63, 3.8) is 0 Å². The number of nitrogens with one attached hydrogen (secondary N) is 2. The van der Waals surface area contributed by atoms with Crippen LogP contribution in [0.5, 0.6) is 0 Å². The smallest absolute Gasteiger partial charge is 0.259 e. The van der Waals surface area contributed by atoms with E-state index in [2.05, 4.69) is 32.3 Å². The molecule has 2 aromatic carbocycles. The Morgan fingerprint density at radius 1 is 1.20 bits per heavy atom. The van der Waals surface area contributed by atoms with Gasteiger partial charge in [0.05, 0.1) is 24.3 Å². The highest BCUT2D eigenvalue weighted by atomic mass is 32.1. The number of H-pyrrole nitrogens is 1. The van der Waals surface area contributed by atoms with Crippen molar-refractivity contribution in [2.24, 2.45) is 0 Å². The van der Waals surface area contributed by atoms with E-state index in [1.165, 1.54) is 11.3 Å². The molecule has 0 bridgehead atoms. The third kappa shape index (κ3) is 3.67. The Morgan fingerprint density at radius 2 is 2.03 bits per heavy atom. The maximum Gasteiger partial charge on any atom is 0.259 e. The van der Waals surface area contributed by atoms with E-state index < -0.39 is 0 Å². The SMILES string of the molecule is Cc1cnc(NC(=O)c2cccc3[nH]c(-c4cccc(N5CCOCC5)c4)nc23)s1. The monoisotopic (exact) mass is 419 g/mol. The Morgan fingerprint density at radius 3 is 2.83 bits per heavy atom. The van der Waals surface area contributed by atoms with Gasteiger partial charge in [0.1, 0.15) is 11.3 Å². The fourth-order valence-electron chi connectivity index (χ4n) is 3.60. The number of rotatable bonds is 4. The number of nitrogens with zero attached hydrogens (tertiary/aromatic N) is 3. The molecular weight excluding hydrogens is 398 g/mol. The number of hydrogen-bond donors (Lipinski definition) is 2. The Hall–Kier alpha value is -3.23. The first-order chi connectivity index (χ1) is 14.7. The van der Waals surface area contributed by atoms with Gasteiger partial charge < -0.3 is 14.6 Å². The highest BCUT2D eigenvalue weighted by molar-refractivity contribution is 7.15. The first-order valence-electron chi connectivity index (χ1n) is 9.83. The average molecular weight is 420 g/mol. The van der Waals surface area contributed by atoms with E-state index in [0.29, 0.717) is 16.2 Å². The lowest BCUT2D eigenvalue weighted by atomic mass is 10.1. The summed E-state index contributed by atoms with van der Waals surface area (Å²) in [5, 5.41) is 3.45. The fourth-order valence-corrected chi connectivity index (χ4v) is 4.26. The lowest BCUT2D eigenvalue weighted by molar-refractivity contribution is 0.102. The Kier molecular flexibility index (Phi) is 4.94. The molecule has 4 aromatic rings. The molecule has 0 saturated carbocycles. The van der Waals surface area contributed by atoms with Gasteiger partial charge in [-0.3, -0.25) is 10.1 Å². The van der Waals surface area contributed by atoms with Gasteiger partial charge in [0, 0.05) is 35.4 Å². The lowest BCUT2D eigenvalue weighted by Gasteiger charge is -2.29. The first-order valence-corrected chi connectivity index (χ1v) is 10.6. The summed E-state index contributed by atoms with van der Waals surface area (Å²) in [6, 6.07) is 13.9. The van der Waals surface area contributed by atoms with E-state index in [0.717, 1.165) is 53.8 Å². The number of ether oxygens (including phenoxy) is 1. The third-order valence-corrected chi connectivity index (χ3v) is 5.92. The van der Waals surface area contributed by atoms with Crippen LogP contribution in [0.4, 0.5) is 10.8 Å². The summed E-state index contributed by atoms with van der Waals surface area (Å²) >= 11 is 1.45. The maximum absolute atomic E-state index is 12.8. The van der Waals surface area contributed by atoms with Crippen molar-refractivity contribution in [1.82, 2.24) is 15.0 Å². The van der Waals surface area contributed by atoms with Crippen LogP contribution in [0.1, 0.15) is 15.2 Å². The van der Waals surface area contributed by atoms with E-state index in [1.807, 2.05) is 31.2 Å². The molecule has 8 heteroatoms. The predicted octanol–water partition coefficient (Wildman–Crippen LogP) is 4.08. The van der Waals surface area contributed by atoms with Crippen molar-refractivity contribution in [2.45, 2.75) is 6.92 Å². The van der Waals surface area contributed by atoms with E-state index in [4.69, 9.17) is 9.72 Å². The quantitative estimate of drug-likeness (QED) is 0.521. The number of para-hydroxylation sites is 1. The minimum atomic E-state index is -0.213. The molecule has 3 heterocycles. The number of hydrogen-bond acceptors (Lipinski definition) is 6. The van der Waals surface area contributed by atoms with Gasteiger partial charge in [-0.25, -0.2) is 9.97 Å². The maximum atomic E-state index is 12.8. The number of anilines is 2. The van der Waals surface area contributed by atoms with Gasteiger partial charge in [-0.05, 0) is 31.2 Å². The van der Waals surface area contributed by atoms with Gasteiger partial charge in [-0.2, -0.15) is 0 Å². The second-order valence-corrected chi connectivity index (χ2v) is 8.40. The lowest BCUT2D eigenvalue weighted by Crippen LogP contribution is -2.36. The second-order valence-electron chi connectivity index (χ2n) is 7.17. The van der Waals surface area contributed by atoms with E-state index in [9.17, 15) is 4.79 Å². The van der Waals surface area contributed by atoms with Gasteiger partial charge in [0.2, 0.25) is 0 Å². The van der Waals surface area contributed by atoms with Crippen molar-refractivity contribution < 1.29 is 9.53 Å². The molecule has 0 radical (unpaired) electrons. The molecule has 7 nitrogen and oxygen atoms in total. The molecule has 1 aliphatic rings. The van der Waals surface area contributed by atoms with Crippen LogP contribution in [0, 0.1) is 6.92 Å². The van der Waals surface area contributed by atoms with Gasteiger partial charge in [0.15, 0.2) is 5.13 Å². The van der Waals surface area contributed by atoms with Crippen LogP contribution in [-0.2, 0) is 4.74 Å². The average Bonchev–Trinajstić information content (AvgIpc) is 3.40. The minimum Gasteiger partial charge on any atom is -0.378 e. The number of fused-ring (bicyclic) bond motifs is 1. The Balaban J connectivity index is 1.47. The molecule has 1 fully saturated rings. The predicted molar refractivity (Wildman–Crippen MR) is 119 cm³/mol. The standard InChI is InChI=1S/C22H21N5O2S/c1-14-13-23-22(30-14)26-21(28)17-6-3-7-18-19(17)25-20(24-18)15-4-2-5-16(12-15)27-8-10-29-11-9-27/h2-7,12-13H,8-11H2,1H3,(H,24,25)(H,23,26,28).